The number of nitriles is 1. The van der Waals surface area contributed by atoms with Crippen LogP contribution in [-0.2, 0) is 0 Å². The van der Waals surface area contributed by atoms with E-state index in [0.717, 1.165) is 10.6 Å². The van der Waals surface area contributed by atoms with E-state index in [9.17, 15) is 14.9 Å². The van der Waals surface area contributed by atoms with Crippen molar-refractivity contribution >= 4 is 60.6 Å². The van der Waals surface area contributed by atoms with Crippen LogP contribution in [0.2, 0.25) is 0 Å². The first kappa shape index (κ1) is 20.8. The van der Waals surface area contributed by atoms with Crippen molar-refractivity contribution < 1.29 is 9.59 Å². The van der Waals surface area contributed by atoms with Crippen LogP contribution in [0.25, 0.3) is 0 Å². The van der Waals surface area contributed by atoms with E-state index in [2.05, 4.69) is 36.5 Å². The second kappa shape index (κ2) is 8.37. The molecule has 0 aliphatic carbocycles. The molecule has 1 aliphatic heterocycles. The summed E-state index contributed by atoms with van der Waals surface area (Å²) in [6, 6.07) is 13.1. The summed E-state index contributed by atoms with van der Waals surface area (Å²) in [5, 5.41) is 22.5. The Bertz CT molecular complexity index is 1280. The van der Waals surface area contributed by atoms with Gasteiger partial charge in [-0.25, -0.2) is 4.98 Å². The molecule has 0 saturated heterocycles. The Balaban J connectivity index is 1.69. The molecule has 0 atom stereocenters. The maximum Gasteiger partial charge on any atom is 0.262 e. The number of thiazole rings is 1. The molecule has 10 heteroatoms. The van der Waals surface area contributed by atoms with Gasteiger partial charge in [-0.15, -0.1) is 10.2 Å². The van der Waals surface area contributed by atoms with Crippen molar-refractivity contribution in [2.75, 3.05) is 11.9 Å². The lowest BCUT2D eigenvalue weighted by molar-refractivity contribution is 0.0662. The number of rotatable bonds is 5. The number of fused-ring (bicyclic) bond motifs is 1. The maximum absolute atomic E-state index is 12.6. The number of benzene rings is 2. The zero-order valence-corrected chi connectivity index (χ0v) is 18.9. The third-order valence-corrected chi connectivity index (χ3v) is 6.38. The molecule has 8 nitrogen and oxygen atoms in total. The van der Waals surface area contributed by atoms with Crippen molar-refractivity contribution in [3.05, 3.63) is 63.3 Å². The Morgan fingerprint density at radius 2 is 1.97 bits per heavy atom. The summed E-state index contributed by atoms with van der Waals surface area (Å²) in [5.74, 6) is -0.836. The molecule has 2 amide bonds. The smallest absolute Gasteiger partial charge is 0.262 e. The van der Waals surface area contributed by atoms with Crippen LogP contribution in [0.5, 0.6) is 0 Å². The SMILES string of the molecule is CCN1C(=O)c2cc(C#N)c(N=Nc3sc(Nc4ccccc4)nc3C)c(Br)c2C1=O. The van der Waals surface area contributed by atoms with Gasteiger partial charge in [0.1, 0.15) is 11.8 Å². The summed E-state index contributed by atoms with van der Waals surface area (Å²) in [6.45, 7) is 3.77. The van der Waals surface area contributed by atoms with Crippen LogP contribution in [0.1, 0.15) is 38.9 Å². The number of imide groups is 1. The number of hydrogen-bond acceptors (Lipinski definition) is 8. The van der Waals surface area contributed by atoms with Gasteiger partial charge in [-0.3, -0.25) is 14.5 Å². The van der Waals surface area contributed by atoms with Crippen molar-refractivity contribution in [2.24, 2.45) is 10.2 Å². The number of nitrogens with one attached hydrogen (secondary N) is 1. The van der Waals surface area contributed by atoms with Crippen LogP contribution in [0.4, 0.5) is 21.5 Å². The standard InChI is InChI=1S/C21H15BrN6O2S/c1-3-28-19(29)14-9-12(10-23)17(16(22)15(14)20(28)30)26-27-18-11(2)24-21(31-18)25-13-7-5-4-6-8-13/h4-9H,3H2,1-2H3,(H,24,25). The van der Waals surface area contributed by atoms with E-state index < -0.39 is 11.8 Å². The highest BCUT2D eigenvalue weighted by Crippen LogP contribution is 2.41. The molecular weight excluding hydrogens is 480 g/mol. The van der Waals surface area contributed by atoms with Gasteiger partial charge in [0.25, 0.3) is 11.8 Å². The number of para-hydroxylation sites is 1. The molecule has 154 valence electrons. The average molecular weight is 495 g/mol. The predicted octanol–water partition coefficient (Wildman–Crippen LogP) is 5.86. The van der Waals surface area contributed by atoms with Gasteiger partial charge in [0, 0.05) is 12.2 Å². The van der Waals surface area contributed by atoms with Crippen LogP contribution in [0.3, 0.4) is 0 Å². The monoisotopic (exact) mass is 494 g/mol. The van der Waals surface area contributed by atoms with Crippen molar-refractivity contribution in [3.8, 4) is 6.07 Å². The summed E-state index contributed by atoms with van der Waals surface area (Å²) < 4.78 is 0.282. The highest BCUT2D eigenvalue weighted by Gasteiger charge is 2.38. The molecule has 1 aromatic heterocycles. The second-order valence-electron chi connectivity index (χ2n) is 6.58. The van der Waals surface area contributed by atoms with E-state index in [1.165, 1.54) is 17.4 Å². The number of carbonyl (C=O) groups is 2. The third-order valence-electron chi connectivity index (χ3n) is 4.65. The molecular formula is C21H15BrN6O2S. The van der Waals surface area contributed by atoms with Gasteiger partial charge in [0.05, 0.1) is 26.9 Å². The third kappa shape index (κ3) is 3.73. The Labute approximate surface area is 190 Å². The minimum Gasteiger partial charge on any atom is -0.331 e. The fourth-order valence-electron chi connectivity index (χ4n) is 3.14. The van der Waals surface area contributed by atoms with Crippen LogP contribution in [-0.4, -0.2) is 28.2 Å². The molecule has 0 saturated carbocycles. The zero-order chi connectivity index (χ0) is 22.1. The number of aryl methyl sites for hydroxylation is 1. The average Bonchev–Trinajstić information content (AvgIpc) is 3.23. The summed E-state index contributed by atoms with van der Waals surface area (Å²) in [6.07, 6.45) is 0. The first-order valence-corrected chi connectivity index (χ1v) is 10.9. The van der Waals surface area contributed by atoms with E-state index >= 15 is 0 Å². The lowest BCUT2D eigenvalue weighted by Gasteiger charge is -2.09. The highest BCUT2D eigenvalue weighted by molar-refractivity contribution is 9.10. The molecule has 0 unspecified atom stereocenters. The number of nitrogens with zero attached hydrogens (tertiary/aromatic N) is 5. The Morgan fingerprint density at radius 1 is 1.23 bits per heavy atom. The second-order valence-corrected chi connectivity index (χ2v) is 8.35. The van der Waals surface area contributed by atoms with Crippen molar-refractivity contribution in [2.45, 2.75) is 13.8 Å². The van der Waals surface area contributed by atoms with Gasteiger partial charge in [0.15, 0.2) is 10.1 Å². The summed E-state index contributed by atoms with van der Waals surface area (Å²) in [5.41, 5.74) is 2.32. The Kier molecular flexibility index (Phi) is 5.63. The summed E-state index contributed by atoms with van der Waals surface area (Å²) in [4.78, 5) is 30.7. The molecule has 0 fully saturated rings. The number of carbonyl (C=O) groups excluding carboxylic acids is 2. The zero-order valence-electron chi connectivity index (χ0n) is 16.5. The van der Waals surface area contributed by atoms with Crippen molar-refractivity contribution in [1.29, 1.82) is 5.26 Å². The van der Waals surface area contributed by atoms with Gasteiger partial charge < -0.3 is 5.32 Å². The number of azo groups is 1. The molecule has 0 bridgehead atoms. The highest BCUT2D eigenvalue weighted by atomic mass is 79.9. The van der Waals surface area contributed by atoms with Gasteiger partial charge >= 0.3 is 0 Å². The molecule has 2 heterocycles. The normalized spacial score (nSPS) is 13.0. The number of aromatic nitrogens is 1. The number of amides is 2. The van der Waals surface area contributed by atoms with E-state index in [1.54, 1.807) is 6.92 Å². The van der Waals surface area contributed by atoms with Crippen LogP contribution in [0.15, 0.2) is 51.1 Å². The fourth-order valence-corrected chi connectivity index (χ4v) is 4.62. The van der Waals surface area contributed by atoms with E-state index in [4.69, 9.17) is 0 Å². The van der Waals surface area contributed by atoms with Gasteiger partial charge in [-0.1, -0.05) is 29.5 Å². The van der Waals surface area contributed by atoms with Crippen molar-refractivity contribution in [1.82, 2.24) is 9.88 Å². The molecule has 0 radical (unpaired) electrons. The first-order valence-electron chi connectivity index (χ1n) is 9.28. The van der Waals surface area contributed by atoms with E-state index in [1.807, 2.05) is 43.3 Å². The minimum absolute atomic E-state index is 0.151. The molecule has 31 heavy (non-hydrogen) atoms. The molecule has 0 spiro atoms. The van der Waals surface area contributed by atoms with Crippen molar-refractivity contribution in [3.63, 3.8) is 0 Å². The Hall–Kier alpha value is -3.42. The predicted molar refractivity (Wildman–Crippen MR) is 121 cm³/mol. The van der Waals surface area contributed by atoms with E-state index in [0.29, 0.717) is 15.8 Å². The van der Waals surface area contributed by atoms with Gasteiger partial charge in [-0.05, 0) is 48.0 Å². The fraction of sp³-hybridized carbons (Fsp3) is 0.143. The molecule has 3 aromatic rings. The number of hydrogen-bond donors (Lipinski definition) is 1. The van der Waals surface area contributed by atoms with Gasteiger partial charge in [0.2, 0.25) is 0 Å². The molecule has 2 aromatic carbocycles. The lowest BCUT2D eigenvalue weighted by atomic mass is 10.0. The van der Waals surface area contributed by atoms with Crippen LogP contribution in [0, 0.1) is 18.3 Å². The number of anilines is 2. The largest absolute Gasteiger partial charge is 0.331 e. The number of halogens is 1. The Morgan fingerprint density at radius 3 is 2.65 bits per heavy atom. The molecule has 1 N–H and O–H groups in total. The molecule has 4 rings (SSSR count). The topological polar surface area (TPSA) is 111 Å². The van der Waals surface area contributed by atoms with E-state index in [-0.39, 0.29) is 33.4 Å². The van der Waals surface area contributed by atoms with Crippen LogP contribution < -0.4 is 5.32 Å². The van der Waals surface area contributed by atoms with Crippen LogP contribution >= 0.6 is 27.3 Å². The quantitative estimate of drug-likeness (QED) is 0.352. The lowest BCUT2D eigenvalue weighted by Crippen LogP contribution is -2.29. The first-order chi connectivity index (χ1) is 14.9. The van der Waals surface area contributed by atoms with Gasteiger partial charge in [-0.2, -0.15) is 5.26 Å². The maximum atomic E-state index is 12.6. The minimum atomic E-state index is -0.418. The molecule has 1 aliphatic rings. The summed E-state index contributed by atoms with van der Waals surface area (Å²) in [7, 11) is 0. The summed E-state index contributed by atoms with van der Waals surface area (Å²) >= 11 is 4.67.